The number of benzene rings is 2. The van der Waals surface area contributed by atoms with Crippen molar-refractivity contribution < 1.29 is 23.4 Å². The van der Waals surface area contributed by atoms with Crippen LogP contribution in [-0.2, 0) is 11.3 Å². The van der Waals surface area contributed by atoms with Gasteiger partial charge in [0.2, 0.25) is 5.89 Å². The average molecular weight is 379 g/mol. The average Bonchev–Trinajstić information content (AvgIpc) is 3.11. The molecule has 0 spiro atoms. The standard InChI is InChI=1S/C22H21NO5/c1-4-12-26-19-11-10-17(13-20(19)25-3)22(24)27-14-18-15(2)28-21(23-18)16-8-6-5-7-9-16/h4-11,13H,1,12,14H2,2-3H3. The van der Waals surface area contributed by atoms with Crippen molar-refractivity contribution in [3.05, 3.63) is 78.2 Å². The van der Waals surface area contributed by atoms with Gasteiger partial charge in [0.05, 0.1) is 12.7 Å². The largest absolute Gasteiger partial charge is 0.493 e. The summed E-state index contributed by atoms with van der Waals surface area (Å²) < 4.78 is 21.8. The molecule has 3 rings (SSSR count). The maximum atomic E-state index is 12.4. The normalized spacial score (nSPS) is 10.4. The van der Waals surface area contributed by atoms with Gasteiger partial charge in [0.1, 0.15) is 24.7 Å². The minimum atomic E-state index is -0.489. The van der Waals surface area contributed by atoms with E-state index in [0.717, 1.165) is 5.56 Å². The highest BCUT2D eigenvalue weighted by Gasteiger charge is 2.16. The Morgan fingerprint density at radius 1 is 1.18 bits per heavy atom. The molecule has 0 amide bonds. The summed E-state index contributed by atoms with van der Waals surface area (Å²) in [6.07, 6.45) is 1.63. The lowest BCUT2D eigenvalue weighted by molar-refractivity contribution is 0.0466. The van der Waals surface area contributed by atoms with Crippen LogP contribution in [0.3, 0.4) is 0 Å². The number of oxazole rings is 1. The van der Waals surface area contributed by atoms with Gasteiger partial charge >= 0.3 is 5.97 Å². The number of carbonyl (C=O) groups excluding carboxylic acids is 1. The quantitative estimate of drug-likeness (QED) is 0.421. The van der Waals surface area contributed by atoms with Gasteiger partial charge < -0.3 is 18.6 Å². The number of ether oxygens (including phenoxy) is 3. The van der Waals surface area contributed by atoms with Crippen LogP contribution >= 0.6 is 0 Å². The van der Waals surface area contributed by atoms with Crippen molar-refractivity contribution in [2.45, 2.75) is 13.5 Å². The summed E-state index contributed by atoms with van der Waals surface area (Å²) >= 11 is 0. The van der Waals surface area contributed by atoms with E-state index >= 15 is 0 Å². The molecule has 28 heavy (non-hydrogen) atoms. The second kappa shape index (κ2) is 8.90. The molecular weight excluding hydrogens is 358 g/mol. The first-order valence-corrected chi connectivity index (χ1v) is 8.73. The predicted molar refractivity (Wildman–Crippen MR) is 104 cm³/mol. The molecule has 0 N–H and O–H groups in total. The van der Waals surface area contributed by atoms with Gasteiger partial charge in [-0.25, -0.2) is 9.78 Å². The lowest BCUT2D eigenvalue weighted by Crippen LogP contribution is -2.07. The molecule has 0 saturated heterocycles. The van der Waals surface area contributed by atoms with E-state index in [9.17, 15) is 4.79 Å². The molecule has 144 valence electrons. The highest BCUT2D eigenvalue weighted by atomic mass is 16.5. The maximum absolute atomic E-state index is 12.4. The highest BCUT2D eigenvalue weighted by molar-refractivity contribution is 5.90. The summed E-state index contributed by atoms with van der Waals surface area (Å²) in [5, 5.41) is 0. The van der Waals surface area contributed by atoms with Crippen molar-refractivity contribution in [2.24, 2.45) is 0 Å². The molecule has 6 nitrogen and oxygen atoms in total. The van der Waals surface area contributed by atoms with Gasteiger partial charge in [0.25, 0.3) is 0 Å². The minimum absolute atomic E-state index is 0.0119. The predicted octanol–water partition coefficient (Wildman–Crippen LogP) is 4.58. The second-order valence-electron chi connectivity index (χ2n) is 5.93. The maximum Gasteiger partial charge on any atom is 0.338 e. The molecule has 6 heteroatoms. The topological polar surface area (TPSA) is 70.8 Å². The number of nitrogens with zero attached hydrogens (tertiary/aromatic N) is 1. The Morgan fingerprint density at radius 2 is 1.96 bits per heavy atom. The van der Waals surface area contributed by atoms with Crippen LogP contribution in [0.25, 0.3) is 11.5 Å². The minimum Gasteiger partial charge on any atom is -0.493 e. The van der Waals surface area contributed by atoms with Gasteiger partial charge in [0, 0.05) is 5.56 Å². The molecule has 0 unspecified atom stereocenters. The van der Waals surface area contributed by atoms with Crippen molar-refractivity contribution in [1.29, 1.82) is 0 Å². The summed E-state index contributed by atoms with van der Waals surface area (Å²) in [6, 6.07) is 14.4. The lowest BCUT2D eigenvalue weighted by Gasteiger charge is -2.10. The fourth-order valence-corrected chi connectivity index (χ4v) is 2.55. The van der Waals surface area contributed by atoms with Crippen molar-refractivity contribution in [2.75, 3.05) is 13.7 Å². The number of carbonyl (C=O) groups is 1. The number of rotatable bonds is 8. The Balaban J connectivity index is 1.69. The monoisotopic (exact) mass is 379 g/mol. The van der Waals surface area contributed by atoms with Gasteiger partial charge in [-0.3, -0.25) is 0 Å². The van der Waals surface area contributed by atoms with E-state index < -0.39 is 5.97 Å². The molecule has 0 radical (unpaired) electrons. The van der Waals surface area contributed by atoms with Crippen LogP contribution in [0.4, 0.5) is 0 Å². The molecule has 0 bridgehead atoms. The van der Waals surface area contributed by atoms with Crippen molar-refractivity contribution in [3.63, 3.8) is 0 Å². The molecule has 0 aliphatic carbocycles. The van der Waals surface area contributed by atoms with Gasteiger partial charge in [0.15, 0.2) is 11.5 Å². The zero-order valence-electron chi connectivity index (χ0n) is 15.8. The van der Waals surface area contributed by atoms with Crippen LogP contribution < -0.4 is 9.47 Å². The van der Waals surface area contributed by atoms with Gasteiger partial charge in [-0.15, -0.1) is 0 Å². The molecule has 2 aromatic carbocycles. The second-order valence-corrected chi connectivity index (χ2v) is 5.93. The Labute approximate surface area is 163 Å². The van der Waals surface area contributed by atoms with Crippen molar-refractivity contribution in [1.82, 2.24) is 4.98 Å². The van der Waals surface area contributed by atoms with E-state index in [1.807, 2.05) is 30.3 Å². The summed E-state index contributed by atoms with van der Waals surface area (Å²) in [6.45, 7) is 5.75. The van der Waals surface area contributed by atoms with E-state index in [1.165, 1.54) is 7.11 Å². The zero-order chi connectivity index (χ0) is 19.9. The summed E-state index contributed by atoms with van der Waals surface area (Å²) in [5.41, 5.74) is 1.79. The first-order valence-electron chi connectivity index (χ1n) is 8.73. The molecular formula is C22H21NO5. The molecule has 0 aliphatic rings. The molecule has 0 fully saturated rings. The number of hydrogen-bond donors (Lipinski definition) is 0. The summed E-state index contributed by atoms with van der Waals surface area (Å²) in [5.74, 6) is 1.59. The van der Waals surface area contributed by atoms with Crippen LogP contribution in [0.1, 0.15) is 21.8 Å². The third kappa shape index (κ3) is 4.40. The third-order valence-electron chi connectivity index (χ3n) is 4.01. The molecule has 3 aromatic rings. The molecule has 1 heterocycles. The van der Waals surface area contributed by atoms with E-state index in [-0.39, 0.29) is 6.61 Å². The lowest BCUT2D eigenvalue weighted by atomic mass is 10.2. The van der Waals surface area contributed by atoms with Crippen LogP contribution in [0, 0.1) is 6.92 Å². The zero-order valence-corrected chi connectivity index (χ0v) is 15.8. The smallest absolute Gasteiger partial charge is 0.338 e. The SMILES string of the molecule is C=CCOc1ccc(C(=O)OCc2nc(-c3ccccc3)oc2C)cc1OC. The van der Waals surface area contributed by atoms with Crippen molar-refractivity contribution >= 4 is 5.97 Å². The first kappa shape index (κ1) is 19.2. The number of hydrogen-bond acceptors (Lipinski definition) is 6. The van der Waals surface area contributed by atoms with E-state index in [4.69, 9.17) is 18.6 Å². The van der Waals surface area contributed by atoms with Crippen LogP contribution in [0.5, 0.6) is 11.5 Å². The third-order valence-corrected chi connectivity index (χ3v) is 4.01. The van der Waals surface area contributed by atoms with E-state index in [2.05, 4.69) is 11.6 Å². The number of aryl methyl sites for hydroxylation is 1. The number of aromatic nitrogens is 1. The first-order chi connectivity index (χ1) is 13.6. The van der Waals surface area contributed by atoms with Gasteiger partial charge in [-0.05, 0) is 37.3 Å². The van der Waals surface area contributed by atoms with E-state index in [1.54, 1.807) is 31.2 Å². The summed E-state index contributed by atoms with van der Waals surface area (Å²) in [7, 11) is 1.51. The van der Waals surface area contributed by atoms with Crippen LogP contribution in [0.2, 0.25) is 0 Å². The van der Waals surface area contributed by atoms with Crippen molar-refractivity contribution in [3.8, 4) is 23.0 Å². The fraction of sp³-hybridized carbons (Fsp3) is 0.182. The Hall–Kier alpha value is -3.54. The molecule has 1 aromatic heterocycles. The number of esters is 1. The van der Waals surface area contributed by atoms with Gasteiger partial charge in [-0.2, -0.15) is 0 Å². The molecule has 0 aliphatic heterocycles. The Morgan fingerprint density at radius 3 is 2.68 bits per heavy atom. The summed E-state index contributed by atoms with van der Waals surface area (Å²) in [4.78, 5) is 16.8. The number of methoxy groups -OCH3 is 1. The molecule has 0 atom stereocenters. The van der Waals surface area contributed by atoms with E-state index in [0.29, 0.717) is 41.0 Å². The van der Waals surface area contributed by atoms with Crippen LogP contribution in [0.15, 0.2) is 65.6 Å². The fourth-order valence-electron chi connectivity index (χ4n) is 2.55. The van der Waals surface area contributed by atoms with Gasteiger partial charge in [-0.1, -0.05) is 30.9 Å². The molecule has 0 saturated carbocycles. The Bertz CT molecular complexity index is 962. The van der Waals surface area contributed by atoms with Crippen LogP contribution in [-0.4, -0.2) is 24.7 Å². The Kier molecular flexibility index (Phi) is 6.11. The highest BCUT2D eigenvalue weighted by Crippen LogP contribution is 2.28.